The maximum Gasteiger partial charge on any atom is 0.251 e. The Kier molecular flexibility index (Phi) is 6.75. The largest absolute Gasteiger partial charge is 0.352 e. The average molecular weight is 421 g/mol. The molecule has 1 heterocycles. The fourth-order valence-corrected chi connectivity index (χ4v) is 5.42. The van der Waals surface area contributed by atoms with E-state index in [1.807, 2.05) is 19.1 Å². The lowest BCUT2D eigenvalue weighted by molar-refractivity contribution is 0.0949. The van der Waals surface area contributed by atoms with Crippen molar-refractivity contribution in [3.05, 3.63) is 64.7 Å². The smallest absolute Gasteiger partial charge is 0.251 e. The van der Waals surface area contributed by atoms with Crippen LogP contribution >= 0.6 is 11.6 Å². The predicted molar refractivity (Wildman–Crippen MR) is 111 cm³/mol. The quantitative estimate of drug-likeness (QED) is 0.767. The van der Waals surface area contributed by atoms with Crippen molar-refractivity contribution < 1.29 is 13.2 Å². The highest BCUT2D eigenvalue weighted by Crippen LogP contribution is 2.27. The summed E-state index contributed by atoms with van der Waals surface area (Å²) in [7, 11) is -3.53. The third kappa shape index (κ3) is 4.93. The summed E-state index contributed by atoms with van der Waals surface area (Å²) in [6, 6.07) is 13.6. The van der Waals surface area contributed by atoms with Gasteiger partial charge in [-0.1, -0.05) is 41.8 Å². The molecule has 0 saturated carbocycles. The summed E-state index contributed by atoms with van der Waals surface area (Å²) in [6.07, 6.45) is 3.23. The van der Waals surface area contributed by atoms with E-state index in [4.69, 9.17) is 11.6 Å². The van der Waals surface area contributed by atoms with Crippen LogP contribution < -0.4 is 5.32 Å². The van der Waals surface area contributed by atoms with Crippen LogP contribution in [-0.4, -0.2) is 37.8 Å². The Morgan fingerprint density at radius 3 is 2.64 bits per heavy atom. The molecule has 28 heavy (non-hydrogen) atoms. The molecule has 1 atom stereocenters. The van der Waals surface area contributed by atoms with Gasteiger partial charge in [-0.3, -0.25) is 4.79 Å². The number of carbonyl (C=O) groups excluding carboxylic acids is 1. The van der Waals surface area contributed by atoms with Crippen LogP contribution in [0.15, 0.2) is 53.4 Å². The van der Waals surface area contributed by atoms with Crippen molar-refractivity contribution in [1.82, 2.24) is 9.62 Å². The first-order chi connectivity index (χ1) is 13.4. The molecule has 0 radical (unpaired) electrons. The van der Waals surface area contributed by atoms with E-state index in [0.717, 1.165) is 24.8 Å². The van der Waals surface area contributed by atoms with Gasteiger partial charge in [-0.15, -0.1) is 0 Å². The molecule has 1 aliphatic heterocycles. The molecule has 1 fully saturated rings. The van der Waals surface area contributed by atoms with Crippen molar-refractivity contribution in [3.8, 4) is 0 Å². The van der Waals surface area contributed by atoms with E-state index in [1.165, 1.54) is 0 Å². The first kappa shape index (κ1) is 20.8. The van der Waals surface area contributed by atoms with Gasteiger partial charge >= 0.3 is 0 Å². The number of piperidine rings is 1. The minimum Gasteiger partial charge on any atom is -0.352 e. The zero-order chi connectivity index (χ0) is 20.1. The molecule has 0 spiro atoms. The zero-order valence-corrected chi connectivity index (χ0v) is 17.5. The average Bonchev–Trinajstić information content (AvgIpc) is 2.68. The lowest BCUT2D eigenvalue weighted by Crippen LogP contribution is -2.45. The van der Waals surface area contributed by atoms with Crippen LogP contribution in [0.3, 0.4) is 0 Å². The number of sulfonamides is 1. The number of nitrogens with one attached hydrogen (secondary N) is 1. The molecule has 0 aliphatic carbocycles. The molecule has 0 bridgehead atoms. The minimum absolute atomic E-state index is 0.111. The number of amides is 1. The minimum atomic E-state index is -3.53. The zero-order valence-electron chi connectivity index (χ0n) is 15.9. The van der Waals surface area contributed by atoms with Crippen LogP contribution in [0, 0.1) is 6.92 Å². The van der Waals surface area contributed by atoms with E-state index < -0.39 is 10.0 Å². The molecule has 1 unspecified atom stereocenters. The van der Waals surface area contributed by atoms with Crippen molar-refractivity contribution in [3.63, 3.8) is 0 Å². The first-order valence-corrected chi connectivity index (χ1v) is 11.3. The van der Waals surface area contributed by atoms with Crippen LogP contribution in [0.25, 0.3) is 0 Å². The van der Waals surface area contributed by atoms with Gasteiger partial charge < -0.3 is 5.32 Å². The molecule has 1 aliphatic rings. The molecule has 1 amide bonds. The Labute approximate surface area is 171 Å². The number of nitrogens with zero attached hydrogens (tertiary/aromatic N) is 1. The first-order valence-electron chi connectivity index (χ1n) is 9.50. The van der Waals surface area contributed by atoms with Gasteiger partial charge in [0.05, 0.1) is 4.90 Å². The number of rotatable bonds is 6. The fourth-order valence-electron chi connectivity index (χ4n) is 3.51. The topological polar surface area (TPSA) is 66.5 Å². The van der Waals surface area contributed by atoms with Crippen LogP contribution in [-0.2, 0) is 10.0 Å². The van der Waals surface area contributed by atoms with Gasteiger partial charge in [-0.25, -0.2) is 8.42 Å². The Morgan fingerprint density at radius 1 is 1.18 bits per heavy atom. The van der Waals surface area contributed by atoms with Gasteiger partial charge in [-0.2, -0.15) is 4.31 Å². The highest BCUT2D eigenvalue weighted by molar-refractivity contribution is 7.89. The van der Waals surface area contributed by atoms with E-state index in [1.54, 1.807) is 40.7 Å². The monoisotopic (exact) mass is 420 g/mol. The summed E-state index contributed by atoms with van der Waals surface area (Å²) < 4.78 is 27.8. The standard InChI is InChI=1S/C21H25ClN2O3S/c1-16-8-10-20(11-9-16)28(26,27)24-14-3-2-7-19(24)12-13-23-21(25)17-5-4-6-18(22)15-17/h4-6,8-11,15,19H,2-3,7,12-14H2,1H3,(H,23,25). The molecule has 150 valence electrons. The molecule has 2 aromatic rings. The van der Waals surface area contributed by atoms with Gasteiger partial charge in [-0.05, 0) is 56.5 Å². The van der Waals surface area contributed by atoms with Gasteiger partial charge in [0.1, 0.15) is 0 Å². The second-order valence-electron chi connectivity index (χ2n) is 7.13. The number of aryl methyl sites for hydroxylation is 1. The highest BCUT2D eigenvalue weighted by Gasteiger charge is 2.33. The van der Waals surface area contributed by atoms with E-state index in [0.29, 0.717) is 35.0 Å². The SMILES string of the molecule is Cc1ccc(S(=O)(=O)N2CCCCC2CCNC(=O)c2cccc(Cl)c2)cc1. The molecule has 0 aromatic heterocycles. The molecule has 1 N–H and O–H groups in total. The normalized spacial score (nSPS) is 18.0. The predicted octanol–water partition coefficient (Wildman–Crippen LogP) is 4.01. The molecule has 2 aromatic carbocycles. The van der Waals surface area contributed by atoms with Gasteiger partial charge in [0, 0.05) is 29.7 Å². The maximum atomic E-state index is 13.1. The molecule has 1 saturated heterocycles. The van der Waals surface area contributed by atoms with E-state index >= 15 is 0 Å². The Balaban J connectivity index is 1.65. The van der Waals surface area contributed by atoms with Crippen molar-refractivity contribution in [2.75, 3.05) is 13.1 Å². The Morgan fingerprint density at radius 2 is 1.93 bits per heavy atom. The van der Waals surface area contributed by atoms with E-state index in [2.05, 4.69) is 5.32 Å². The highest BCUT2D eigenvalue weighted by atomic mass is 35.5. The number of halogens is 1. The van der Waals surface area contributed by atoms with Crippen LogP contribution in [0.4, 0.5) is 0 Å². The van der Waals surface area contributed by atoms with Crippen LogP contribution in [0.1, 0.15) is 41.6 Å². The summed E-state index contributed by atoms with van der Waals surface area (Å²) in [5.41, 5.74) is 1.53. The summed E-state index contributed by atoms with van der Waals surface area (Å²) in [5.74, 6) is -0.203. The Bertz CT molecular complexity index is 929. The van der Waals surface area contributed by atoms with Crippen molar-refractivity contribution >= 4 is 27.5 Å². The fraction of sp³-hybridized carbons (Fsp3) is 0.381. The van der Waals surface area contributed by atoms with Crippen molar-refractivity contribution in [2.24, 2.45) is 0 Å². The van der Waals surface area contributed by atoms with E-state index in [9.17, 15) is 13.2 Å². The van der Waals surface area contributed by atoms with Gasteiger partial charge in [0.25, 0.3) is 5.91 Å². The van der Waals surface area contributed by atoms with Gasteiger partial charge in [0.2, 0.25) is 10.0 Å². The van der Waals surface area contributed by atoms with E-state index in [-0.39, 0.29) is 11.9 Å². The summed E-state index contributed by atoms with van der Waals surface area (Å²) in [4.78, 5) is 12.6. The number of hydrogen-bond donors (Lipinski definition) is 1. The summed E-state index contributed by atoms with van der Waals surface area (Å²) >= 11 is 5.93. The lowest BCUT2D eigenvalue weighted by atomic mass is 10.0. The number of carbonyl (C=O) groups is 1. The second kappa shape index (κ2) is 9.07. The lowest BCUT2D eigenvalue weighted by Gasteiger charge is -2.34. The third-order valence-corrected chi connectivity index (χ3v) is 7.25. The Hall–Kier alpha value is -1.89. The molecular formula is C21H25ClN2O3S. The third-order valence-electron chi connectivity index (χ3n) is 5.05. The molecule has 7 heteroatoms. The summed E-state index contributed by atoms with van der Waals surface area (Å²) in [5, 5.41) is 3.38. The number of hydrogen-bond acceptors (Lipinski definition) is 3. The maximum absolute atomic E-state index is 13.1. The molecular weight excluding hydrogens is 396 g/mol. The van der Waals surface area contributed by atoms with Crippen LogP contribution in [0.2, 0.25) is 5.02 Å². The summed E-state index contributed by atoms with van der Waals surface area (Å²) in [6.45, 7) is 2.86. The second-order valence-corrected chi connectivity index (χ2v) is 9.46. The van der Waals surface area contributed by atoms with Crippen molar-refractivity contribution in [1.29, 1.82) is 0 Å². The number of benzene rings is 2. The van der Waals surface area contributed by atoms with Gasteiger partial charge in [0.15, 0.2) is 0 Å². The van der Waals surface area contributed by atoms with Crippen molar-refractivity contribution in [2.45, 2.75) is 43.5 Å². The van der Waals surface area contributed by atoms with Crippen LogP contribution in [0.5, 0.6) is 0 Å². The molecule has 5 nitrogen and oxygen atoms in total. The molecule has 3 rings (SSSR count).